The summed E-state index contributed by atoms with van der Waals surface area (Å²) in [5.74, 6) is 0.620. The summed E-state index contributed by atoms with van der Waals surface area (Å²) in [6.07, 6.45) is 3.31. The molecule has 1 fully saturated rings. The molecule has 8 nitrogen and oxygen atoms in total. The first-order chi connectivity index (χ1) is 15.7. The fourth-order valence-corrected chi connectivity index (χ4v) is 3.73. The second-order valence-electron chi connectivity index (χ2n) is 7.54. The lowest BCUT2D eigenvalue weighted by atomic mass is 10.1. The van der Waals surface area contributed by atoms with Crippen molar-refractivity contribution in [3.05, 3.63) is 66.2 Å². The SMILES string of the molecule is Cc1cccc2c(Nc3ccnc(Nc4cc(F)cc(N5CCOCC5)c4)n3)cnnc12. The van der Waals surface area contributed by atoms with Crippen LogP contribution in [0.1, 0.15) is 5.56 Å². The molecule has 162 valence electrons. The van der Waals surface area contributed by atoms with Crippen molar-refractivity contribution in [2.75, 3.05) is 41.8 Å². The predicted molar refractivity (Wildman–Crippen MR) is 122 cm³/mol. The van der Waals surface area contributed by atoms with E-state index < -0.39 is 0 Å². The van der Waals surface area contributed by atoms with Crippen LogP contribution in [-0.2, 0) is 4.74 Å². The van der Waals surface area contributed by atoms with Crippen LogP contribution in [0.5, 0.6) is 0 Å². The van der Waals surface area contributed by atoms with Crippen molar-refractivity contribution in [1.82, 2.24) is 20.2 Å². The molecule has 0 saturated carbocycles. The molecule has 1 saturated heterocycles. The van der Waals surface area contributed by atoms with Crippen molar-refractivity contribution in [2.24, 2.45) is 0 Å². The van der Waals surface area contributed by atoms with Gasteiger partial charge in [0.05, 0.1) is 30.6 Å². The minimum atomic E-state index is -0.324. The van der Waals surface area contributed by atoms with Gasteiger partial charge >= 0.3 is 0 Å². The van der Waals surface area contributed by atoms with Gasteiger partial charge in [-0.25, -0.2) is 9.37 Å². The summed E-state index contributed by atoms with van der Waals surface area (Å²) in [5, 5.41) is 15.7. The summed E-state index contributed by atoms with van der Waals surface area (Å²) in [5.41, 5.74) is 4.06. The molecule has 0 atom stereocenters. The van der Waals surface area contributed by atoms with Crippen LogP contribution in [0.2, 0.25) is 0 Å². The third-order valence-corrected chi connectivity index (χ3v) is 5.31. The van der Waals surface area contributed by atoms with E-state index in [-0.39, 0.29) is 5.82 Å². The Hall–Kier alpha value is -3.85. The van der Waals surface area contributed by atoms with Crippen molar-refractivity contribution in [3.8, 4) is 0 Å². The van der Waals surface area contributed by atoms with Crippen molar-refractivity contribution >= 4 is 39.7 Å². The number of fused-ring (bicyclic) bond motifs is 1. The predicted octanol–water partition coefficient (Wildman–Crippen LogP) is 4.19. The molecular formula is C23H22FN7O. The number of benzene rings is 2. The number of morpholine rings is 1. The van der Waals surface area contributed by atoms with Crippen LogP contribution in [0.15, 0.2) is 54.9 Å². The van der Waals surface area contributed by atoms with Gasteiger partial charge in [-0.15, -0.1) is 0 Å². The topological polar surface area (TPSA) is 88.1 Å². The van der Waals surface area contributed by atoms with Crippen LogP contribution in [0.3, 0.4) is 0 Å². The molecule has 0 spiro atoms. The molecule has 1 aliphatic heterocycles. The van der Waals surface area contributed by atoms with Gasteiger partial charge in [-0.2, -0.15) is 15.2 Å². The van der Waals surface area contributed by atoms with E-state index in [0.29, 0.717) is 30.7 Å². The van der Waals surface area contributed by atoms with Crippen molar-refractivity contribution in [1.29, 1.82) is 0 Å². The molecule has 0 amide bonds. The standard InChI is InChI=1S/C23H22FN7O/c1-15-3-2-4-19-20(14-26-30-22(15)19)28-21-5-6-25-23(29-21)27-17-11-16(24)12-18(13-17)31-7-9-32-10-8-31/h2-6,11-14H,7-10H2,1H3,(H2,25,27,28,29,30). The van der Waals surface area contributed by atoms with Crippen LogP contribution >= 0.6 is 0 Å². The molecule has 1 aliphatic rings. The molecule has 2 aromatic carbocycles. The lowest BCUT2D eigenvalue weighted by molar-refractivity contribution is 0.122. The number of aryl methyl sites for hydroxylation is 1. The monoisotopic (exact) mass is 431 g/mol. The van der Waals surface area contributed by atoms with E-state index in [0.717, 1.165) is 40.9 Å². The van der Waals surface area contributed by atoms with Gasteiger partial charge in [-0.3, -0.25) is 0 Å². The number of ether oxygens (including phenoxy) is 1. The second-order valence-corrected chi connectivity index (χ2v) is 7.54. The number of rotatable bonds is 5. The zero-order chi connectivity index (χ0) is 21.9. The largest absolute Gasteiger partial charge is 0.378 e. The number of halogens is 1. The molecule has 0 aliphatic carbocycles. The van der Waals surface area contributed by atoms with E-state index in [1.54, 1.807) is 18.5 Å². The van der Waals surface area contributed by atoms with E-state index >= 15 is 0 Å². The van der Waals surface area contributed by atoms with E-state index in [1.807, 2.05) is 31.2 Å². The molecule has 0 bridgehead atoms. The Morgan fingerprint density at radius 3 is 2.81 bits per heavy atom. The highest BCUT2D eigenvalue weighted by Gasteiger charge is 2.14. The molecule has 3 heterocycles. The normalized spacial score (nSPS) is 13.9. The smallest absolute Gasteiger partial charge is 0.229 e. The maximum Gasteiger partial charge on any atom is 0.229 e. The molecule has 4 aromatic rings. The minimum Gasteiger partial charge on any atom is -0.378 e. The first kappa shape index (κ1) is 20.1. The molecule has 2 N–H and O–H groups in total. The highest BCUT2D eigenvalue weighted by atomic mass is 19.1. The van der Waals surface area contributed by atoms with E-state index in [1.165, 1.54) is 12.1 Å². The van der Waals surface area contributed by atoms with E-state index in [2.05, 4.69) is 35.7 Å². The zero-order valence-electron chi connectivity index (χ0n) is 17.5. The van der Waals surface area contributed by atoms with Crippen LogP contribution in [0.25, 0.3) is 10.9 Å². The first-order valence-corrected chi connectivity index (χ1v) is 10.4. The van der Waals surface area contributed by atoms with E-state index in [4.69, 9.17) is 4.74 Å². The van der Waals surface area contributed by atoms with Crippen molar-refractivity contribution < 1.29 is 9.13 Å². The van der Waals surface area contributed by atoms with Gasteiger partial charge in [0.2, 0.25) is 5.95 Å². The van der Waals surface area contributed by atoms with Gasteiger partial charge in [0.1, 0.15) is 11.6 Å². The molecule has 0 radical (unpaired) electrons. The summed E-state index contributed by atoms with van der Waals surface area (Å²) in [6, 6.07) is 12.6. The average molecular weight is 431 g/mol. The summed E-state index contributed by atoms with van der Waals surface area (Å²) in [4.78, 5) is 10.9. The van der Waals surface area contributed by atoms with Gasteiger partial charge in [0, 0.05) is 36.0 Å². The second kappa shape index (κ2) is 8.72. The quantitative estimate of drug-likeness (QED) is 0.486. The van der Waals surface area contributed by atoms with Crippen LogP contribution in [-0.4, -0.2) is 46.5 Å². The maximum atomic E-state index is 14.3. The Bertz CT molecular complexity index is 1260. The Balaban J connectivity index is 1.38. The Morgan fingerprint density at radius 2 is 1.94 bits per heavy atom. The molecule has 2 aromatic heterocycles. The minimum absolute atomic E-state index is 0.324. The molecule has 0 unspecified atom stereocenters. The number of nitrogens with zero attached hydrogens (tertiary/aromatic N) is 5. The van der Waals surface area contributed by atoms with Crippen LogP contribution in [0.4, 0.5) is 33.2 Å². The number of nitrogens with one attached hydrogen (secondary N) is 2. The molecule has 5 rings (SSSR count). The third-order valence-electron chi connectivity index (χ3n) is 5.31. The molecular weight excluding hydrogens is 409 g/mol. The van der Waals surface area contributed by atoms with Crippen molar-refractivity contribution in [3.63, 3.8) is 0 Å². The van der Waals surface area contributed by atoms with E-state index in [9.17, 15) is 4.39 Å². The molecule has 9 heteroatoms. The summed E-state index contributed by atoms with van der Waals surface area (Å²) in [7, 11) is 0. The van der Waals surface area contributed by atoms with Crippen LogP contribution in [0, 0.1) is 12.7 Å². The lowest BCUT2D eigenvalue weighted by Crippen LogP contribution is -2.36. The Kier molecular flexibility index (Phi) is 5.47. The van der Waals surface area contributed by atoms with Gasteiger partial charge in [0.25, 0.3) is 0 Å². The highest BCUT2D eigenvalue weighted by Crippen LogP contribution is 2.27. The molecule has 32 heavy (non-hydrogen) atoms. The maximum absolute atomic E-state index is 14.3. The first-order valence-electron chi connectivity index (χ1n) is 10.4. The fourth-order valence-electron chi connectivity index (χ4n) is 3.73. The Labute approximate surface area is 184 Å². The number of hydrogen-bond donors (Lipinski definition) is 2. The van der Waals surface area contributed by atoms with Gasteiger partial charge < -0.3 is 20.3 Å². The fraction of sp³-hybridized carbons (Fsp3) is 0.217. The number of anilines is 5. The van der Waals surface area contributed by atoms with Crippen LogP contribution < -0.4 is 15.5 Å². The lowest BCUT2D eigenvalue weighted by Gasteiger charge is -2.29. The summed E-state index contributed by atoms with van der Waals surface area (Å²) >= 11 is 0. The Morgan fingerprint density at radius 1 is 1.06 bits per heavy atom. The third kappa shape index (κ3) is 4.28. The van der Waals surface area contributed by atoms with Gasteiger partial charge in [0.15, 0.2) is 0 Å². The number of hydrogen-bond acceptors (Lipinski definition) is 8. The summed E-state index contributed by atoms with van der Waals surface area (Å²) in [6.45, 7) is 4.72. The highest BCUT2D eigenvalue weighted by molar-refractivity contribution is 5.93. The van der Waals surface area contributed by atoms with Gasteiger partial charge in [-0.1, -0.05) is 18.2 Å². The zero-order valence-corrected chi connectivity index (χ0v) is 17.5. The number of aromatic nitrogens is 4. The van der Waals surface area contributed by atoms with Gasteiger partial charge in [-0.05, 0) is 36.8 Å². The summed E-state index contributed by atoms with van der Waals surface area (Å²) < 4.78 is 19.7. The average Bonchev–Trinajstić information content (AvgIpc) is 2.80. The van der Waals surface area contributed by atoms with Crippen molar-refractivity contribution in [2.45, 2.75) is 6.92 Å².